The van der Waals surface area contributed by atoms with Gasteiger partial charge in [-0.05, 0) is 49.3 Å². The van der Waals surface area contributed by atoms with Crippen LogP contribution >= 0.6 is 0 Å². The zero-order valence-electron chi connectivity index (χ0n) is 12.9. The highest BCUT2D eigenvalue weighted by atomic mass is 16.3. The SMILES string of the molecule is CC(C)(C)c1cc(CO)cc(N(CC2CC2)C2CC2)n1. The summed E-state index contributed by atoms with van der Waals surface area (Å²) < 4.78 is 0. The van der Waals surface area contributed by atoms with Crippen molar-refractivity contribution in [2.24, 2.45) is 5.92 Å². The van der Waals surface area contributed by atoms with Crippen molar-refractivity contribution in [3.63, 3.8) is 0 Å². The Hall–Kier alpha value is -1.09. The van der Waals surface area contributed by atoms with Crippen LogP contribution in [-0.4, -0.2) is 22.7 Å². The number of nitrogens with zero attached hydrogens (tertiary/aromatic N) is 2. The third-order valence-electron chi connectivity index (χ3n) is 4.26. The maximum Gasteiger partial charge on any atom is 0.129 e. The lowest BCUT2D eigenvalue weighted by Gasteiger charge is -2.27. The van der Waals surface area contributed by atoms with Gasteiger partial charge >= 0.3 is 0 Å². The summed E-state index contributed by atoms with van der Waals surface area (Å²) in [6.07, 6.45) is 5.33. The summed E-state index contributed by atoms with van der Waals surface area (Å²) in [5.74, 6) is 1.95. The Kier molecular flexibility index (Phi) is 3.49. The van der Waals surface area contributed by atoms with E-state index in [4.69, 9.17) is 4.98 Å². The van der Waals surface area contributed by atoms with Crippen LogP contribution in [0.3, 0.4) is 0 Å². The van der Waals surface area contributed by atoms with Crippen LogP contribution in [0.1, 0.15) is 57.7 Å². The quantitative estimate of drug-likeness (QED) is 0.895. The predicted molar refractivity (Wildman–Crippen MR) is 82.0 cm³/mol. The van der Waals surface area contributed by atoms with E-state index in [0.717, 1.165) is 29.5 Å². The molecular formula is C17H26N2O. The second kappa shape index (κ2) is 5.03. The molecule has 0 aliphatic heterocycles. The molecule has 0 saturated heterocycles. The van der Waals surface area contributed by atoms with E-state index >= 15 is 0 Å². The van der Waals surface area contributed by atoms with Gasteiger partial charge < -0.3 is 10.0 Å². The largest absolute Gasteiger partial charge is 0.392 e. The first-order valence-corrected chi connectivity index (χ1v) is 7.86. The number of aliphatic hydroxyl groups is 1. The Bertz CT molecular complexity index is 484. The van der Waals surface area contributed by atoms with Crippen LogP contribution in [0.5, 0.6) is 0 Å². The van der Waals surface area contributed by atoms with E-state index < -0.39 is 0 Å². The number of anilines is 1. The fraction of sp³-hybridized carbons (Fsp3) is 0.706. The minimum absolute atomic E-state index is 0.0226. The molecule has 2 aliphatic rings. The van der Waals surface area contributed by atoms with Gasteiger partial charge in [0.05, 0.1) is 6.61 Å². The van der Waals surface area contributed by atoms with Crippen molar-refractivity contribution in [2.45, 2.75) is 64.5 Å². The highest BCUT2D eigenvalue weighted by Gasteiger charge is 2.35. The van der Waals surface area contributed by atoms with E-state index in [-0.39, 0.29) is 12.0 Å². The van der Waals surface area contributed by atoms with Gasteiger partial charge in [-0.15, -0.1) is 0 Å². The van der Waals surface area contributed by atoms with Gasteiger partial charge in [-0.25, -0.2) is 4.98 Å². The van der Waals surface area contributed by atoms with Gasteiger partial charge in [0.15, 0.2) is 0 Å². The van der Waals surface area contributed by atoms with Gasteiger partial charge in [0.25, 0.3) is 0 Å². The lowest BCUT2D eigenvalue weighted by molar-refractivity contribution is 0.281. The highest BCUT2D eigenvalue weighted by molar-refractivity contribution is 5.46. The molecule has 110 valence electrons. The molecule has 0 spiro atoms. The highest BCUT2D eigenvalue weighted by Crippen LogP contribution is 2.38. The van der Waals surface area contributed by atoms with Crippen molar-refractivity contribution in [3.05, 3.63) is 23.4 Å². The number of aliphatic hydroxyl groups excluding tert-OH is 1. The first-order chi connectivity index (χ1) is 9.47. The standard InChI is InChI=1S/C17H26N2O/c1-17(2,3)15-8-13(11-20)9-16(18-15)19(14-6-7-14)10-12-4-5-12/h8-9,12,14,20H,4-7,10-11H2,1-3H3. The molecule has 1 heterocycles. The van der Waals surface area contributed by atoms with E-state index in [9.17, 15) is 5.11 Å². The lowest BCUT2D eigenvalue weighted by atomic mass is 9.91. The molecule has 0 aromatic carbocycles. The second-order valence-corrected chi connectivity index (χ2v) is 7.45. The van der Waals surface area contributed by atoms with Crippen molar-refractivity contribution < 1.29 is 5.11 Å². The van der Waals surface area contributed by atoms with E-state index in [1.165, 1.54) is 25.7 Å². The Morgan fingerprint density at radius 1 is 1.20 bits per heavy atom. The van der Waals surface area contributed by atoms with Gasteiger partial charge in [0.1, 0.15) is 5.82 Å². The van der Waals surface area contributed by atoms with Gasteiger partial charge in [-0.1, -0.05) is 20.8 Å². The first kappa shape index (κ1) is 13.9. The number of pyridine rings is 1. The van der Waals surface area contributed by atoms with Gasteiger partial charge in [0.2, 0.25) is 0 Å². The van der Waals surface area contributed by atoms with Crippen LogP contribution in [-0.2, 0) is 12.0 Å². The number of hydrogen-bond donors (Lipinski definition) is 1. The minimum atomic E-state index is 0.0226. The van der Waals surface area contributed by atoms with Crippen LogP contribution in [0.25, 0.3) is 0 Å². The summed E-state index contributed by atoms with van der Waals surface area (Å²) in [6.45, 7) is 7.80. The number of hydrogen-bond acceptors (Lipinski definition) is 3. The third-order valence-corrected chi connectivity index (χ3v) is 4.26. The molecular weight excluding hydrogens is 248 g/mol. The maximum absolute atomic E-state index is 9.54. The van der Waals surface area contributed by atoms with Crippen LogP contribution in [0.2, 0.25) is 0 Å². The number of aromatic nitrogens is 1. The van der Waals surface area contributed by atoms with Crippen molar-refractivity contribution >= 4 is 5.82 Å². The topological polar surface area (TPSA) is 36.4 Å². The smallest absolute Gasteiger partial charge is 0.129 e. The molecule has 0 bridgehead atoms. The van der Waals surface area contributed by atoms with Crippen LogP contribution in [0, 0.1) is 5.92 Å². The minimum Gasteiger partial charge on any atom is -0.392 e. The Labute approximate surface area is 122 Å². The Morgan fingerprint density at radius 3 is 2.40 bits per heavy atom. The normalized spacial score (nSPS) is 19.2. The van der Waals surface area contributed by atoms with Crippen molar-refractivity contribution in [1.29, 1.82) is 0 Å². The monoisotopic (exact) mass is 274 g/mol. The molecule has 2 aliphatic carbocycles. The molecule has 3 nitrogen and oxygen atoms in total. The van der Waals surface area contributed by atoms with Crippen molar-refractivity contribution in [1.82, 2.24) is 4.98 Å². The molecule has 0 amide bonds. The summed E-state index contributed by atoms with van der Waals surface area (Å²) in [7, 11) is 0. The van der Waals surface area contributed by atoms with E-state index in [2.05, 4.69) is 31.7 Å². The molecule has 3 rings (SSSR count). The van der Waals surface area contributed by atoms with Crippen LogP contribution < -0.4 is 4.90 Å². The molecule has 0 unspecified atom stereocenters. The molecule has 20 heavy (non-hydrogen) atoms. The van der Waals surface area contributed by atoms with Gasteiger partial charge in [-0.3, -0.25) is 0 Å². The van der Waals surface area contributed by atoms with Crippen LogP contribution in [0.15, 0.2) is 12.1 Å². The lowest BCUT2D eigenvalue weighted by Crippen LogP contribution is -2.30. The van der Waals surface area contributed by atoms with Crippen LogP contribution in [0.4, 0.5) is 5.82 Å². The van der Waals surface area contributed by atoms with Gasteiger partial charge in [0, 0.05) is 23.7 Å². The summed E-state index contributed by atoms with van der Waals surface area (Å²) in [6, 6.07) is 4.81. The van der Waals surface area contributed by atoms with E-state index in [1.807, 2.05) is 6.07 Å². The Morgan fingerprint density at radius 2 is 1.90 bits per heavy atom. The fourth-order valence-corrected chi connectivity index (χ4v) is 2.59. The molecule has 3 heteroatoms. The average Bonchev–Trinajstić information content (AvgIpc) is 3.26. The summed E-state index contributed by atoms with van der Waals surface area (Å²) in [5, 5.41) is 9.54. The summed E-state index contributed by atoms with van der Waals surface area (Å²) in [4.78, 5) is 7.40. The molecule has 2 fully saturated rings. The fourth-order valence-electron chi connectivity index (χ4n) is 2.59. The van der Waals surface area contributed by atoms with E-state index in [1.54, 1.807) is 0 Å². The molecule has 0 atom stereocenters. The van der Waals surface area contributed by atoms with Crippen molar-refractivity contribution in [2.75, 3.05) is 11.4 Å². The molecule has 1 aromatic rings. The summed E-state index contributed by atoms with van der Waals surface area (Å²) >= 11 is 0. The average molecular weight is 274 g/mol. The van der Waals surface area contributed by atoms with Gasteiger partial charge in [-0.2, -0.15) is 0 Å². The predicted octanol–water partition coefficient (Wildman–Crippen LogP) is 3.25. The zero-order chi connectivity index (χ0) is 14.3. The molecule has 1 N–H and O–H groups in total. The number of rotatable bonds is 5. The summed E-state index contributed by atoms with van der Waals surface area (Å²) in [5.41, 5.74) is 2.09. The molecule has 0 radical (unpaired) electrons. The zero-order valence-corrected chi connectivity index (χ0v) is 12.9. The first-order valence-electron chi connectivity index (χ1n) is 7.86. The molecule has 2 saturated carbocycles. The van der Waals surface area contributed by atoms with Crippen molar-refractivity contribution in [3.8, 4) is 0 Å². The third kappa shape index (κ3) is 3.14. The molecule has 1 aromatic heterocycles. The second-order valence-electron chi connectivity index (χ2n) is 7.45. The maximum atomic E-state index is 9.54. The van der Waals surface area contributed by atoms with E-state index in [0.29, 0.717) is 6.04 Å². The Balaban J connectivity index is 1.92.